The van der Waals surface area contributed by atoms with Crippen molar-refractivity contribution in [3.63, 3.8) is 0 Å². The van der Waals surface area contributed by atoms with Crippen molar-refractivity contribution in [1.82, 2.24) is 20.4 Å². The molecule has 0 radical (unpaired) electrons. The van der Waals surface area contributed by atoms with Gasteiger partial charge in [-0.2, -0.15) is 0 Å². The Morgan fingerprint density at radius 1 is 1.14 bits per heavy atom. The van der Waals surface area contributed by atoms with Crippen molar-refractivity contribution in [2.75, 3.05) is 25.5 Å². The van der Waals surface area contributed by atoms with Crippen molar-refractivity contribution in [3.8, 4) is 26.9 Å². The van der Waals surface area contributed by atoms with Crippen LogP contribution >= 0.6 is 11.3 Å². The number of aliphatic hydroxyl groups excluding tert-OH is 1. The first kappa shape index (κ1) is 24.5. The summed E-state index contributed by atoms with van der Waals surface area (Å²) in [6.07, 6.45) is 2.83. The number of anilines is 1. The van der Waals surface area contributed by atoms with Gasteiger partial charge in [0.25, 0.3) is 0 Å². The molecule has 3 N–H and O–H groups in total. The van der Waals surface area contributed by atoms with Crippen LogP contribution in [0.3, 0.4) is 0 Å². The number of hydrogen-bond donors (Lipinski definition) is 3. The highest BCUT2D eigenvalue weighted by Crippen LogP contribution is 2.40. The number of ether oxygens (including phenoxy) is 1. The Morgan fingerprint density at radius 2 is 1.92 bits per heavy atom. The molecule has 1 fully saturated rings. The lowest BCUT2D eigenvalue weighted by atomic mass is 10.0. The van der Waals surface area contributed by atoms with Crippen LogP contribution in [0.1, 0.15) is 50.3 Å². The number of urea groups is 1. The van der Waals surface area contributed by atoms with Gasteiger partial charge >= 0.3 is 6.03 Å². The Hall–Kier alpha value is -3.17. The summed E-state index contributed by atoms with van der Waals surface area (Å²) < 4.78 is 5.89. The van der Waals surface area contributed by atoms with Gasteiger partial charge in [0.05, 0.1) is 23.9 Å². The second kappa shape index (κ2) is 10.4. The lowest BCUT2D eigenvalue weighted by Crippen LogP contribution is -2.46. The number of likely N-dealkylation sites (tertiary alicyclic amines) is 1. The van der Waals surface area contributed by atoms with Gasteiger partial charge in [-0.25, -0.2) is 4.79 Å². The van der Waals surface area contributed by atoms with Gasteiger partial charge < -0.3 is 25.4 Å². The molecule has 8 nitrogen and oxygen atoms in total. The maximum Gasteiger partial charge on any atom is 0.317 e. The van der Waals surface area contributed by atoms with Gasteiger partial charge in [-0.15, -0.1) is 10.2 Å². The van der Waals surface area contributed by atoms with E-state index in [-0.39, 0.29) is 24.3 Å². The van der Waals surface area contributed by atoms with Crippen molar-refractivity contribution in [3.05, 3.63) is 47.5 Å². The summed E-state index contributed by atoms with van der Waals surface area (Å²) in [7, 11) is 1.88. The molecule has 1 aliphatic heterocycles. The average Bonchev–Trinajstić information content (AvgIpc) is 3.52. The van der Waals surface area contributed by atoms with Gasteiger partial charge in [0.15, 0.2) is 0 Å². The van der Waals surface area contributed by atoms with Gasteiger partial charge in [-0.3, -0.25) is 0 Å². The molecule has 3 aromatic rings. The van der Waals surface area contributed by atoms with Crippen molar-refractivity contribution < 1.29 is 14.6 Å². The quantitative estimate of drug-likeness (QED) is 0.441. The number of carbonyl (C=O) groups is 1. The van der Waals surface area contributed by atoms with E-state index < -0.39 is 0 Å². The first-order valence-corrected chi connectivity index (χ1v) is 13.4. The van der Waals surface area contributed by atoms with E-state index in [1.54, 1.807) is 11.3 Å². The maximum absolute atomic E-state index is 12.8. The van der Waals surface area contributed by atoms with Crippen molar-refractivity contribution in [1.29, 1.82) is 0 Å². The molecule has 1 atom stereocenters. The molecule has 2 heterocycles. The third-order valence-corrected chi connectivity index (χ3v) is 7.84. The zero-order valence-electron chi connectivity index (χ0n) is 21.0. The summed E-state index contributed by atoms with van der Waals surface area (Å²) in [5, 5.41) is 26.9. The third kappa shape index (κ3) is 5.03. The van der Waals surface area contributed by atoms with Crippen LogP contribution in [0.4, 0.5) is 10.5 Å². The molecule has 5 rings (SSSR count). The highest BCUT2D eigenvalue weighted by molar-refractivity contribution is 7.17. The minimum atomic E-state index is -0.295. The Balaban J connectivity index is 1.35. The number of nitrogens with one attached hydrogen (secondary N) is 2. The molecule has 0 unspecified atom stereocenters. The number of benzene rings is 2. The van der Waals surface area contributed by atoms with E-state index in [0.29, 0.717) is 25.9 Å². The topological polar surface area (TPSA) is 99.6 Å². The zero-order chi connectivity index (χ0) is 25.2. The van der Waals surface area contributed by atoms with E-state index >= 15 is 0 Å². The van der Waals surface area contributed by atoms with E-state index in [4.69, 9.17) is 4.74 Å². The number of carbonyl (C=O) groups excluding carboxylic acids is 1. The SMILES string of the molecule is CNc1cc(-c2nnc(-c3cccc4c3CC[C@H]4NC(=O)N3CCC(O)CC3)s2)ccc1OC(C)C. The largest absolute Gasteiger partial charge is 0.489 e. The smallest absolute Gasteiger partial charge is 0.317 e. The fourth-order valence-corrected chi connectivity index (χ4v) is 5.87. The maximum atomic E-state index is 12.8. The highest BCUT2D eigenvalue weighted by Gasteiger charge is 2.29. The number of fused-ring (bicyclic) bond motifs is 1. The van der Waals surface area contributed by atoms with Gasteiger partial charge in [0.2, 0.25) is 0 Å². The van der Waals surface area contributed by atoms with E-state index in [9.17, 15) is 9.90 Å². The highest BCUT2D eigenvalue weighted by atomic mass is 32.1. The van der Waals surface area contributed by atoms with Gasteiger partial charge in [0, 0.05) is 31.3 Å². The fourth-order valence-electron chi connectivity index (χ4n) is 4.98. The standard InChI is InChI=1S/C27H33N5O3S/c1-16(2)35-24-10-7-17(15-23(24)28-3)25-30-31-26(36-25)21-6-4-5-20-19(21)8-9-22(20)29-27(34)32-13-11-18(33)12-14-32/h4-7,10,15-16,18,22,28,33H,8-9,11-14H2,1-3H3,(H,29,34)/t22-/m1/s1. The van der Waals surface area contributed by atoms with Crippen LogP contribution in [0.15, 0.2) is 36.4 Å². The molecule has 2 aromatic carbocycles. The Bertz CT molecular complexity index is 1240. The summed E-state index contributed by atoms with van der Waals surface area (Å²) in [4.78, 5) is 14.6. The van der Waals surface area contributed by atoms with Crippen LogP contribution in [0.5, 0.6) is 5.75 Å². The first-order chi connectivity index (χ1) is 17.4. The second-order valence-corrected chi connectivity index (χ2v) is 10.6. The third-order valence-electron chi connectivity index (χ3n) is 6.83. The average molecular weight is 508 g/mol. The van der Waals surface area contributed by atoms with Crippen molar-refractivity contribution in [2.24, 2.45) is 0 Å². The molecule has 9 heteroatoms. The molecule has 1 aliphatic carbocycles. The van der Waals surface area contributed by atoms with Crippen LogP contribution in [-0.2, 0) is 6.42 Å². The van der Waals surface area contributed by atoms with Crippen LogP contribution < -0.4 is 15.4 Å². The molecule has 1 aromatic heterocycles. The molecular formula is C27H33N5O3S. The van der Waals surface area contributed by atoms with Crippen molar-refractivity contribution >= 4 is 23.1 Å². The summed E-state index contributed by atoms with van der Waals surface area (Å²) in [5.41, 5.74) is 5.38. The zero-order valence-corrected chi connectivity index (χ0v) is 21.8. The van der Waals surface area contributed by atoms with Crippen LogP contribution in [0, 0.1) is 0 Å². The normalized spacial score (nSPS) is 17.8. The first-order valence-electron chi connectivity index (χ1n) is 12.6. The Labute approximate surface area is 215 Å². The Morgan fingerprint density at radius 3 is 2.67 bits per heavy atom. The van der Waals surface area contributed by atoms with Crippen LogP contribution in [-0.4, -0.2) is 58.6 Å². The van der Waals surface area contributed by atoms with Crippen molar-refractivity contribution in [2.45, 2.75) is 57.8 Å². The number of hydrogen-bond acceptors (Lipinski definition) is 7. The predicted octanol–water partition coefficient (Wildman–Crippen LogP) is 4.85. The fraction of sp³-hybridized carbons (Fsp3) is 0.444. The molecule has 0 spiro atoms. The minimum Gasteiger partial charge on any atom is -0.489 e. The van der Waals surface area contributed by atoms with E-state index in [2.05, 4.69) is 33.0 Å². The predicted molar refractivity (Wildman–Crippen MR) is 142 cm³/mol. The van der Waals surface area contributed by atoms with E-state index in [1.165, 1.54) is 5.56 Å². The van der Waals surface area contributed by atoms with E-state index in [0.717, 1.165) is 51.0 Å². The summed E-state index contributed by atoms with van der Waals surface area (Å²) in [6, 6.07) is 12.2. The lowest BCUT2D eigenvalue weighted by Gasteiger charge is -2.30. The number of amides is 2. The summed E-state index contributed by atoms with van der Waals surface area (Å²) in [6.45, 7) is 5.22. The molecule has 0 saturated carbocycles. The summed E-state index contributed by atoms with van der Waals surface area (Å²) >= 11 is 1.57. The van der Waals surface area contributed by atoms with Crippen LogP contribution in [0.25, 0.3) is 21.1 Å². The number of aromatic nitrogens is 2. The van der Waals surface area contributed by atoms with Gasteiger partial charge in [0.1, 0.15) is 15.8 Å². The Kier molecular flexibility index (Phi) is 7.11. The number of nitrogens with zero attached hydrogens (tertiary/aromatic N) is 3. The molecule has 1 saturated heterocycles. The van der Waals surface area contributed by atoms with Gasteiger partial charge in [-0.05, 0) is 68.9 Å². The minimum absolute atomic E-state index is 0.0154. The molecule has 190 valence electrons. The molecule has 2 amide bonds. The molecule has 36 heavy (non-hydrogen) atoms. The molecule has 2 aliphatic rings. The summed E-state index contributed by atoms with van der Waals surface area (Å²) in [5.74, 6) is 0.815. The number of rotatable bonds is 6. The monoisotopic (exact) mass is 507 g/mol. The second-order valence-electron chi connectivity index (χ2n) is 9.67. The number of aliphatic hydroxyl groups is 1. The van der Waals surface area contributed by atoms with Crippen LogP contribution in [0.2, 0.25) is 0 Å². The molecular weight excluding hydrogens is 474 g/mol. The van der Waals surface area contributed by atoms with Gasteiger partial charge in [-0.1, -0.05) is 29.5 Å². The molecule has 0 bridgehead atoms. The van der Waals surface area contributed by atoms with E-state index in [1.807, 2.05) is 50.1 Å². The number of piperidine rings is 1. The lowest BCUT2D eigenvalue weighted by molar-refractivity contribution is 0.0928.